The van der Waals surface area contributed by atoms with Crippen molar-refractivity contribution in [2.24, 2.45) is 5.73 Å². The molecule has 196 valence electrons. The minimum Gasteiger partial charge on any atom is -0.488 e. The monoisotopic (exact) mass is 518 g/mol. The lowest BCUT2D eigenvalue weighted by Gasteiger charge is -2.31. The van der Waals surface area contributed by atoms with Gasteiger partial charge >= 0.3 is 6.18 Å². The van der Waals surface area contributed by atoms with E-state index in [9.17, 15) is 17.6 Å². The van der Waals surface area contributed by atoms with Crippen molar-refractivity contribution in [1.29, 1.82) is 0 Å². The number of methoxy groups -OCH3 is 1. The van der Waals surface area contributed by atoms with E-state index in [0.29, 0.717) is 35.3 Å². The molecule has 5 rings (SSSR count). The topological polar surface area (TPSA) is 90.8 Å². The van der Waals surface area contributed by atoms with Crippen LogP contribution >= 0.6 is 0 Å². The van der Waals surface area contributed by atoms with Gasteiger partial charge in [0.15, 0.2) is 23.0 Å². The van der Waals surface area contributed by atoms with E-state index in [1.807, 2.05) is 0 Å². The summed E-state index contributed by atoms with van der Waals surface area (Å²) in [5.74, 6) is -0.256. The summed E-state index contributed by atoms with van der Waals surface area (Å²) in [6.07, 6.45) is -2.64. The normalized spacial score (nSPS) is 19.6. The Kier molecular flexibility index (Phi) is 6.50. The van der Waals surface area contributed by atoms with Crippen LogP contribution in [0, 0.1) is 5.82 Å². The van der Waals surface area contributed by atoms with Crippen molar-refractivity contribution < 1.29 is 27.0 Å². The maximum Gasteiger partial charge on any atom is 0.408 e. The predicted octanol–water partition coefficient (Wildman–Crippen LogP) is 4.14. The third kappa shape index (κ3) is 5.09. The smallest absolute Gasteiger partial charge is 0.408 e. The van der Waals surface area contributed by atoms with Crippen molar-refractivity contribution in [3.05, 3.63) is 54.0 Å². The number of hydrogen-bond acceptors (Lipinski definition) is 7. The molecule has 1 unspecified atom stereocenters. The first-order valence-corrected chi connectivity index (χ1v) is 11.7. The molecule has 1 aliphatic heterocycles. The second-order valence-corrected chi connectivity index (χ2v) is 9.55. The first-order chi connectivity index (χ1) is 17.6. The van der Waals surface area contributed by atoms with Gasteiger partial charge in [0, 0.05) is 43.4 Å². The SMILES string of the molecule is COCCOc1cc2nc(-c3nnc4ccc([C@H](N5CCC(C)(N)C5)C(F)(F)F)cn34)ccc2cc1F. The molecular formula is C25H26F4N6O2. The molecule has 0 saturated carbocycles. The number of pyridine rings is 2. The minimum atomic E-state index is -4.51. The van der Waals surface area contributed by atoms with Crippen LogP contribution in [0.15, 0.2) is 42.6 Å². The van der Waals surface area contributed by atoms with Crippen LogP contribution in [0.2, 0.25) is 0 Å². The van der Waals surface area contributed by atoms with Crippen molar-refractivity contribution >= 4 is 16.6 Å². The third-order valence-electron chi connectivity index (χ3n) is 6.47. The van der Waals surface area contributed by atoms with E-state index in [4.69, 9.17) is 15.2 Å². The van der Waals surface area contributed by atoms with Crippen LogP contribution in [0.5, 0.6) is 5.75 Å². The van der Waals surface area contributed by atoms with E-state index in [1.165, 1.54) is 46.9 Å². The number of fused-ring (bicyclic) bond motifs is 2. The molecule has 0 spiro atoms. The van der Waals surface area contributed by atoms with Gasteiger partial charge in [0.25, 0.3) is 0 Å². The van der Waals surface area contributed by atoms with Crippen LogP contribution in [0.1, 0.15) is 24.9 Å². The summed E-state index contributed by atoms with van der Waals surface area (Å²) < 4.78 is 68.9. The van der Waals surface area contributed by atoms with Crippen molar-refractivity contribution in [3.8, 4) is 17.3 Å². The van der Waals surface area contributed by atoms with Gasteiger partial charge in [0.05, 0.1) is 12.1 Å². The molecule has 3 aromatic heterocycles. The van der Waals surface area contributed by atoms with Gasteiger partial charge in [0.1, 0.15) is 18.3 Å². The number of benzene rings is 1. The maximum absolute atomic E-state index is 14.4. The molecule has 12 heteroatoms. The van der Waals surface area contributed by atoms with Crippen LogP contribution in [0.3, 0.4) is 0 Å². The quantitative estimate of drug-likeness (QED) is 0.291. The number of halogens is 4. The van der Waals surface area contributed by atoms with E-state index in [0.717, 1.165) is 0 Å². The lowest BCUT2D eigenvalue weighted by molar-refractivity contribution is -0.184. The van der Waals surface area contributed by atoms with E-state index >= 15 is 0 Å². The van der Waals surface area contributed by atoms with Crippen LogP contribution in [0.25, 0.3) is 28.1 Å². The average Bonchev–Trinajstić information content (AvgIpc) is 3.41. The Hall–Kier alpha value is -3.35. The molecule has 1 aliphatic rings. The summed E-state index contributed by atoms with van der Waals surface area (Å²) in [5, 5.41) is 8.80. The van der Waals surface area contributed by atoms with Gasteiger partial charge in [0.2, 0.25) is 0 Å². The van der Waals surface area contributed by atoms with E-state index < -0.39 is 23.6 Å². The van der Waals surface area contributed by atoms with Crippen LogP contribution in [-0.2, 0) is 4.74 Å². The Morgan fingerprint density at radius 2 is 1.95 bits per heavy atom. The van der Waals surface area contributed by atoms with Gasteiger partial charge in [-0.2, -0.15) is 13.2 Å². The number of hydrogen-bond donors (Lipinski definition) is 1. The van der Waals surface area contributed by atoms with Gasteiger partial charge in [-0.25, -0.2) is 9.37 Å². The highest BCUT2D eigenvalue weighted by Crippen LogP contribution is 2.41. The van der Waals surface area contributed by atoms with E-state index in [1.54, 1.807) is 19.1 Å². The lowest BCUT2D eigenvalue weighted by Crippen LogP contribution is -2.43. The summed E-state index contributed by atoms with van der Waals surface area (Å²) in [6.45, 7) is 2.58. The summed E-state index contributed by atoms with van der Waals surface area (Å²) in [5.41, 5.74) is 6.66. The summed E-state index contributed by atoms with van der Waals surface area (Å²) in [6, 6.07) is 7.15. The van der Waals surface area contributed by atoms with Crippen LogP contribution < -0.4 is 10.5 Å². The molecule has 1 aromatic carbocycles. The molecule has 0 radical (unpaired) electrons. The Morgan fingerprint density at radius 3 is 2.65 bits per heavy atom. The molecule has 0 bridgehead atoms. The Balaban J connectivity index is 1.54. The average molecular weight is 519 g/mol. The van der Waals surface area contributed by atoms with Gasteiger partial charge in [-0.15, -0.1) is 10.2 Å². The number of likely N-dealkylation sites (tertiary alicyclic amines) is 1. The second kappa shape index (κ2) is 9.51. The van der Waals surface area contributed by atoms with Gasteiger partial charge in [-0.3, -0.25) is 9.30 Å². The largest absolute Gasteiger partial charge is 0.488 e. The highest BCUT2D eigenvalue weighted by atomic mass is 19.4. The van der Waals surface area contributed by atoms with Crippen LogP contribution in [0.4, 0.5) is 17.6 Å². The highest BCUT2D eigenvalue weighted by Gasteiger charge is 2.48. The summed E-state index contributed by atoms with van der Waals surface area (Å²) in [7, 11) is 1.51. The molecule has 2 N–H and O–H groups in total. The van der Waals surface area contributed by atoms with Crippen LogP contribution in [-0.4, -0.2) is 69.6 Å². The number of aromatic nitrogens is 4. The fraction of sp³-hybridized carbons (Fsp3) is 0.400. The fourth-order valence-electron chi connectivity index (χ4n) is 4.69. The van der Waals surface area contributed by atoms with E-state index in [-0.39, 0.29) is 36.8 Å². The maximum atomic E-state index is 14.4. The number of nitrogens with zero attached hydrogens (tertiary/aromatic N) is 5. The van der Waals surface area contributed by atoms with Crippen molar-refractivity contribution in [1.82, 2.24) is 24.5 Å². The standard InChI is InChI=1S/C25H26F4N6O2/c1-24(30)7-8-34(14-24)22(25(27,28)29)16-4-6-21-32-33-23(35(21)13-16)18-5-3-15-11-17(26)20(12-19(15)31-18)37-10-9-36-2/h3-6,11-13,22H,7-10,14,30H2,1-2H3/t22-,24?/m0/s1. The molecule has 4 heterocycles. The lowest BCUT2D eigenvalue weighted by atomic mass is 10.0. The number of ether oxygens (including phenoxy) is 2. The second-order valence-electron chi connectivity index (χ2n) is 9.55. The fourth-order valence-corrected chi connectivity index (χ4v) is 4.69. The number of nitrogens with two attached hydrogens (primary N) is 1. The zero-order valence-electron chi connectivity index (χ0n) is 20.3. The van der Waals surface area contributed by atoms with Gasteiger partial charge in [-0.05, 0) is 37.1 Å². The third-order valence-corrected chi connectivity index (χ3v) is 6.47. The predicted molar refractivity (Wildman–Crippen MR) is 129 cm³/mol. The van der Waals surface area contributed by atoms with Crippen molar-refractivity contribution in [2.75, 3.05) is 33.4 Å². The molecule has 0 amide bonds. The molecular weight excluding hydrogens is 492 g/mol. The number of alkyl halides is 3. The first-order valence-electron chi connectivity index (χ1n) is 11.7. The first kappa shape index (κ1) is 25.3. The minimum absolute atomic E-state index is 0.0214. The molecule has 37 heavy (non-hydrogen) atoms. The number of rotatable bonds is 7. The summed E-state index contributed by atoms with van der Waals surface area (Å²) in [4.78, 5) is 5.93. The van der Waals surface area contributed by atoms with Crippen molar-refractivity contribution in [2.45, 2.75) is 31.1 Å². The Labute approximate surface area is 210 Å². The summed E-state index contributed by atoms with van der Waals surface area (Å²) >= 11 is 0. The zero-order chi connectivity index (χ0) is 26.4. The molecule has 8 nitrogen and oxygen atoms in total. The molecule has 2 atom stereocenters. The van der Waals surface area contributed by atoms with Gasteiger partial charge < -0.3 is 15.2 Å². The Morgan fingerprint density at radius 1 is 1.14 bits per heavy atom. The molecule has 1 fully saturated rings. The van der Waals surface area contributed by atoms with Crippen molar-refractivity contribution in [3.63, 3.8) is 0 Å². The molecule has 1 saturated heterocycles. The zero-order valence-corrected chi connectivity index (χ0v) is 20.3. The molecule has 0 aliphatic carbocycles. The van der Waals surface area contributed by atoms with E-state index in [2.05, 4.69) is 15.2 Å². The Bertz CT molecular complexity index is 1440. The molecule has 4 aromatic rings. The van der Waals surface area contributed by atoms with Gasteiger partial charge in [-0.1, -0.05) is 12.1 Å². The highest BCUT2D eigenvalue weighted by molar-refractivity contribution is 5.82.